The third-order valence-corrected chi connectivity index (χ3v) is 2.44. The first-order valence-electron chi connectivity index (χ1n) is 4.73. The van der Waals surface area contributed by atoms with Gasteiger partial charge in [-0.15, -0.1) is 0 Å². The quantitative estimate of drug-likeness (QED) is 0.642. The molecule has 0 bridgehead atoms. The van der Waals surface area contributed by atoms with E-state index in [1.54, 1.807) is 6.08 Å². The maximum Gasteiger partial charge on any atom is 0.330 e. The van der Waals surface area contributed by atoms with Gasteiger partial charge < -0.3 is 9.72 Å². The second-order valence-electron chi connectivity index (χ2n) is 3.31. The molecule has 0 spiro atoms. The molecule has 16 heavy (non-hydrogen) atoms. The molecule has 0 aliphatic heterocycles. The van der Waals surface area contributed by atoms with E-state index in [9.17, 15) is 4.79 Å². The Bertz CT molecular complexity index is 557. The van der Waals surface area contributed by atoms with E-state index in [0.29, 0.717) is 5.02 Å². The summed E-state index contributed by atoms with van der Waals surface area (Å²) in [5, 5.41) is 1.70. The fourth-order valence-electron chi connectivity index (χ4n) is 1.44. The van der Waals surface area contributed by atoms with Crippen LogP contribution in [0.15, 0.2) is 30.3 Å². The number of hydrogen-bond acceptors (Lipinski definition) is 2. The van der Waals surface area contributed by atoms with E-state index in [-0.39, 0.29) is 5.97 Å². The normalized spacial score (nSPS) is 11.1. The molecule has 0 aliphatic carbocycles. The number of ether oxygens (including phenoxy) is 1. The first-order chi connectivity index (χ1) is 7.69. The number of benzene rings is 1. The molecule has 1 aromatic heterocycles. The summed E-state index contributed by atoms with van der Waals surface area (Å²) < 4.78 is 4.50. The lowest BCUT2D eigenvalue weighted by Gasteiger charge is -1.89. The Labute approximate surface area is 97.7 Å². The van der Waals surface area contributed by atoms with Gasteiger partial charge >= 0.3 is 5.97 Å². The minimum Gasteiger partial charge on any atom is -0.466 e. The van der Waals surface area contributed by atoms with Crippen molar-refractivity contribution in [2.24, 2.45) is 0 Å². The van der Waals surface area contributed by atoms with Crippen molar-refractivity contribution in [3.8, 4) is 0 Å². The van der Waals surface area contributed by atoms with Gasteiger partial charge in [-0.2, -0.15) is 0 Å². The summed E-state index contributed by atoms with van der Waals surface area (Å²) in [5.41, 5.74) is 1.82. The third-order valence-electron chi connectivity index (χ3n) is 2.20. The van der Waals surface area contributed by atoms with Crippen molar-refractivity contribution in [1.29, 1.82) is 0 Å². The monoisotopic (exact) mass is 235 g/mol. The summed E-state index contributed by atoms with van der Waals surface area (Å²) in [7, 11) is 1.34. The van der Waals surface area contributed by atoms with Crippen LogP contribution in [-0.2, 0) is 9.53 Å². The van der Waals surface area contributed by atoms with Crippen molar-refractivity contribution in [1.82, 2.24) is 4.98 Å². The molecule has 0 fully saturated rings. The molecule has 0 radical (unpaired) electrons. The molecule has 0 saturated carbocycles. The number of rotatable bonds is 2. The zero-order valence-corrected chi connectivity index (χ0v) is 9.41. The predicted molar refractivity (Wildman–Crippen MR) is 64.4 cm³/mol. The maximum atomic E-state index is 10.9. The fourth-order valence-corrected chi connectivity index (χ4v) is 1.62. The SMILES string of the molecule is COC(=O)/C=C/c1cc2cc(Cl)ccc2[nH]1. The van der Waals surface area contributed by atoms with Crippen LogP contribution >= 0.6 is 11.6 Å². The van der Waals surface area contributed by atoms with Gasteiger partial charge in [0.25, 0.3) is 0 Å². The minimum atomic E-state index is -0.378. The van der Waals surface area contributed by atoms with E-state index in [1.165, 1.54) is 13.2 Å². The van der Waals surface area contributed by atoms with Crippen LogP contribution in [0, 0.1) is 0 Å². The Kier molecular flexibility index (Phi) is 2.97. The summed E-state index contributed by atoms with van der Waals surface area (Å²) in [6, 6.07) is 7.49. The van der Waals surface area contributed by atoms with Crippen LogP contribution in [-0.4, -0.2) is 18.1 Å². The van der Waals surface area contributed by atoms with Gasteiger partial charge in [0.15, 0.2) is 0 Å². The molecule has 4 heteroatoms. The molecule has 1 aromatic carbocycles. The van der Waals surface area contributed by atoms with Gasteiger partial charge in [0.05, 0.1) is 7.11 Å². The number of esters is 1. The second-order valence-corrected chi connectivity index (χ2v) is 3.75. The topological polar surface area (TPSA) is 42.1 Å². The molecule has 1 heterocycles. The fraction of sp³-hybridized carbons (Fsp3) is 0.0833. The number of fused-ring (bicyclic) bond motifs is 1. The molecule has 2 aromatic rings. The van der Waals surface area contributed by atoms with E-state index >= 15 is 0 Å². The molecular formula is C12H10ClNO2. The summed E-state index contributed by atoms with van der Waals surface area (Å²) in [5.74, 6) is -0.378. The largest absolute Gasteiger partial charge is 0.466 e. The molecule has 82 valence electrons. The van der Waals surface area contributed by atoms with Crippen LogP contribution in [0.5, 0.6) is 0 Å². The highest BCUT2D eigenvalue weighted by atomic mass is 35.5. The number of aromatic nitrogens is 1. The number of carbonyl (C=O) groups is 1. The van der Waals surface area contributed by atoms with E-state index < -0.39 is 0 Å². The second kappa shape index (κ2) is 4.41. The highest BCUT2D eigenvalue weighted by molar-refractivity contribution is 6.31. The Morgan fingerprint density at radius 3 is 3.00 bits per heavy atom. The van der Waals surface area contributed by atoms with Crippen molar-refractivity contribution in [3.63, 3.8) is 0 Å². The first-order valence-corrected chi connectivity index (χ1v) is 5.11. The average Bonchev–Trinajstić information content (AvgIpc) is 2.67. The number of halogens is 1. The summed E-state index contributed by atoms with van der Waals surface area (Å²) >= 11 is 5.87. The van der Waals surface area contributed by atoms with Crippen LogP contribution in [0.2, 0.25) is 5.02 Å². The van der Waals surface area contributed by atoms with Crippen molar-refractivity contribution in [2.45, 2.75) is 0 Å². The van der Waals surface area contributed by atoms with E-state index in [1.807, 2.05) is 24.3 Å². The first kappa shape index (κ1) is 10.8. The maximum absolute atomic E-state index is 10.9. The lowest BCUT2D eigenvalue weighted by Crippen LogP contribution is -1.93. The number of aromatic amines is 1. The number of nitrogens with one attached hydrogen (secondary N) is 1. The van der Waals surface area contributed by atoms with Crippen LogP contribution in [0.25, 0.3) is 17.0 Å². The molecule has 1 N–H and O–H groups in total. The van der Waals surface area contributed by atoms with Crippen LogP contribution in [0.4, 0.5) is 0 Å². The smallest absolute Gasteiger partial charge is 0.330 e. The molecule has 0 saturated heterocycles. The van der Waals surface area contributed by atoms with Gasteiger partial charge in [0, 0.05) is 27.7 Å². The highest BCUT2D eigenvalue weighted by Gasteiger charge is 1.99. The molecule has 0 atom stereocenters. The Morgan fingerprint density at radius 1 is 1.44 bits per heavy atom. The standard InChI is InChI=1S/C12H10ClNO2/c1-16-12(15)5-3-10-7-8-6-9(13)2-4-11(8)14-10/h2-7,14H,1H3/b5-3+. The van der Waals surface area contributed by atoms with Gasteiger partial charge in [-0.25, -0.2) is 4.79 Å². The number of carbonyl (C=O) groups excluding carboxylic acids is 1. The van der Waals surface area contributed by atoms with E-state index in [4.69, 9.17) is 11.6 Å². The Balaban J connectivity index is 2.33. The summed E-state index contributed by atoms with van der Waals surface area (Å²) in [6.07, 6.45) is 3.03. The predicted octanol–water partition coefficient (Wildman–Crippen LogP) is 3.01. The van der Waals surface area contributed by atoms with Gasteiger partial charge in [-0.3, -0.25) is 0 Å². The number of hydrogen-bond donors (Lipinski definition) is 1. The average molecular weight is 236 g/mol. The van der Waals surface area contributed by atoms with E-state index in [0.717, 1.165) is 16.6 Å². The molecular weight excluding hydrogens is 226 g/mol. The zero-order chi connectivity index (χ0) is 11.5. The summed E-state index contributed by atoms with van der Waals surface area (Å²) in [6.45, 7) is 0. The van der Waals surface area contributed by atoms with Crippen LogP contribution in [0.3, 0.4) is 0 Å². The lowest BCUT2D eigenvalue weighted by molar-refractivity contribution is -0.134. The molecule has 3 nitrogen and oxygen atoms in total. The Morgan fingerprint density at radius 2 is 2.25 bits per heavy atom. The van der Waals surface area contributed by atoms with Gasteiger partial charge in [0.2, 0.25) is 0 Å². The van der Waals surface area contributed by atoms with Gasteiger partial charge in [0.1, 0.15) is 0 Å². The van der Waals surface area contributed by atoms with Crippen LogP contribution < -0.4 is 0 Å². The van der Waals surface area contributed by atoms with Crippen molar-refractivity contribution < 1.29 is 9.53 Å². The van der Waals surface area contributed by atoms with Gasteiger partial charge in [-0.1, -0.05) is 11.6 Å². The van der Waals surface area contributed by atoms with Crippen molar-refractivity contribution >= 4 is 34.5 Å². The molecule has 0 aliphatic rings. The highest BCUT2D eigenvalue weighted by Crippen LogP contribution is 2.20. The van der Waals surface area contributed by atoms with E-state index in [2.05, 4.69) is 9.72 Å². The van der Waals surface area contributed by atoms with Crippen LogP contribution in [0.1, 0.15) is 5.69 Å². The molecule has 0 unspecified atom stereocenters. The van der Waals surface area contributed by atoms with Crippen molar-refractivity contribution in [3.05, 3.63) is 41.1 Å². The minimum absolute atomic E-state index is 0.378. The number of H-pyrrole nitrogens is 1. The molecule has 2 rings (SSSR count). The Hall–Kier alpha value is -1.74. The third kappa shape index (κ3) is 2.25. The zero-order valence-electron chi connectivity index (χ0n) is 8.66. The molecule has 0 amide bonds. The van der Waals surface area contributed by atoms with Gasteiger partial charge in [-0.05, 0) is 30.3 Å². The summed E-state index contributed by atoms with van der Waals surface area (Å²) in [4.78, 5) is 14.1. The number of methoxy groups -OCH3 is 1. The van der Waals surface area contributed by atoms with Crippen molar-refractivity contribution in [2.75, 3.05) is 7.11 Å². The lowest BCUT2D eigenvalue weighted by atomic mass is 10.2.